The molecular weight excluding hydrogens is 356 g/mol. The first kappa shape index (κ1) is 19.9. The molecule has 0 aliphatic carbocycles. The minimum Gasteiger partial charge on any atom is -0.336 e. The molecule has 0 spiro atoms. The molecule has 2 heterocycles. The maximum atomic E-state index is 12.3. The quantitative estimate of drug-likeness (QED) is 0.767. The van der Waals surface area contributed by atoms with E-state index in [4.69, 9.17) is 0 Å². The van der Waals surface area contributed by atoms with Crippen LogP contribution in [0.4, 0.5) is 4.79 Å². The Morgan fingerprint density at radius 3 is 2.59 bits per heavy atom. The number of thiophene rings is 1. The predicted octanol–water partition coefficient (Wildman–Crippen LogP) is 3.31. The van der Waals surface area contributed by atoms with Gasteiger partial charge in [0, 0.05) is 32.2 Å². The van der Waals surface area contributed by atoms with Crippen LogP contribution in [-0.2, 0) is 6.54 Å². The van der Waals surface area contributed by atoms with Crippen molar-refractivity contribution in [1.82, 2.24) is 20.4 Å². The third-order valence-electron chi connectivity index (χ3n) is 5.18. The number of rotatable bonds is 7. The number of urea groups is 1. The highest BCUT2D eigenvalue weighted by Crippen LogP contribution is 2.20. The molecule has 1 atom stereocenters. The Hall–Kier alpha value is -1.89. The number of carbonyl (C=O) groups is 1. The molecule has 0 bridgehead atoms. The first-order valence-electron chi connectivity index (χ1n) is 9.61. The van der Waals surface area contributed by atoms with Gasteiger partial charge in [0.25, 0.3) is 0 Å². The fourth-order valence-corrected chi connectivity index (χ4v) is 4.27. The zero-order valence-corrected chi connectivity index (χ0v) is 17.0. The van der Waals surface area contributed by atoms with E-state index in [1.54, 1.807) is 11.3 Å². The number of likely N-dealkylation sites (tertiary alicyclic amines) is 1. The summed E-state index contributed by atoms with van der Waals surface area (Å²) < 4.78 is 0. The topological polar surface area (TPSA) is 47.6 Å². The highest BCUT2D eigenvalue weighted by atomic mass is 32.1. The molecule has 1 aromatic heterocycles. The summed E-state index contributed by atoms with van der Waals surface area (Å²) in [6.07, 6.45) is 2.00. The molecular formula is C21H30N4OS. The molecule has 1 aromatic carbocycles. The van der Waals surface area contributed by atoms with Gasteiger partial charge in [-0.05, 0) is 54.9 Å². The van der Waals surface area contributed by atoms with Crippen molar-refractivity contribution in [3.05, 3.63) is 58.3 Å². The van der Waals surface area contributed by atoms with Crippen LogP contribution in [0.25, 0.3) is 0 Å². The summed E-state index contributed by atoms with van der Waals surface area (Å²) in [6, 6.07) is 13.1. The van der Waals surface area contributed by atoms with Gasteiger partial charge in [-0.2, -0.15) is 11.3 Å². The van der Waals surface area contributed by atoms with Crippen molar-refractivity contribution >= 4 is 17.4 Å². The van der Waals surface area contributed by atoms with Crippen LogP contribution in [-0.4, -0.2) is 55.6 Å². The fraction of sp³-hybridized carbons (Fsp3) is 0.476. The molecule has 1 fully saturated rings. The molecule has 0 radical (unpaired) electrons. The predicted molar refractivity (Wildman–Crippen MR) is 112 cm³/mol. The Labute approximate surface area is 166 Å². The van der Waals surface area contributed by atoms with Crippen LogP contribution in [0.15, 0.2) is 47.2 Å². The largest absolute Gasteiger partial charge is 0.336 e. The number of hydrogen-bond acceptors (Lipinski definition) is 4. The first-order chi connectivity index (χ1) is 13.1. The Morgan fingerprint density at radius 2 is 1.96 bits per heavy atom. The SMILES string of the molecule is CN(C)[C@H](CNC(=O)NC1CCN(Cc2ccccc2)CC1)c1ccsc1. The summed E-state index contributed by atoms with van der Waals surface area (Å²) >= 11 is 1.69. The molecule has 6 heteroatoms. The lowest BCUT2D eigenvalue weighted by molar-refractivity contribution is 0.185. The van der Waals surface area contributed by atoms with Crippen molar-refractivity contribution < 1.29 is 4.79 Å². The highest BCUT2D eigenvalue weighted by Gasteiger charge is 2.21. The van der Waals surface area contributed by atoms with E-state index in [1.807, 2.05) is 14.1 Å². The van der Waals surface area contributed by atoms with Crippen LogP contribution >= 0.6 is 11.3 Å². The number of nitrogens with zero attached hydrogens (tertiary/aromatic N) is 2. The van der Waals surface area contributed by atoms with E-state index in [0.717, 1.165) is 32.5 Å². The summed E-state index contributed by atoms with van der Waals surface area (Å²) in [7, 11) is 4.09. The second-order valence-corrected chi connectivity index (χ2v) is 8.21. The minimum atomic E-state index is -0.0569. The van der Waals surface area contributed by atoms with Crippen LogP contribution < -0.4 is 10.6 Å². The normalized spacial score (nSPS) is 17.0. The number of hydrogen-bond donors (Lipinski definition) is 2. The monoisotopic (exact) mass is 386 g/mol. The van der Waals surface area contributed by atoms with E-state index in [-0.39, 0.29) is 18.1 Å². The van der Waals surface area contributed by atoms with Crippen LogP contribution in [0.1, 0.15) is 30.0 Å². The van der Waals surface area contributed by atoms with Crippen LogP contribution in [0.2, 0.25) is 0 Å². The summed E-state index contributed by atoms with van der Waals surface area (Å²) in [5, 5.41) is 10.4. The van der Waals surface area contributed by atoms with E-state index in [0.29, 0.717) is 6.54 Å². The third-order valence-corrected chi connectivity index (χ3v) is 5.88. The average molecular weight is 387 g/mol. The van der Waals surface area contributed by atoms with Gasteiger partial charge >= 0.3 is 6.03 Å². The van der Waals surface area contributed by atoms with E-state index < -0.39 is 0 Å². The molecule has 146 valence electrons. The third kappa shape index (κ3) is 6.06. The van der Waals surface area contributed by atoms with E-state index in [9.17, 15) is 4.79 Å². The fourth-order valence-electron chi connectivity index (χ4n) is 3.57. The van der Waals surface area contributed by atoms with Gasteiger partial charge in [-0.1, -0.05) is 30.3 Å². The van der Waals surface area contributed by atoms with Crippen molar-refractivity contribution in [3.8, 4) is 0 Å². The van der Waals surface area contributed by atoms with Gasteiger partial charge in [-0.25, -0.2) is 4.79 Å². The summed E-state index contributed by atoms with van der Waals surface area (Å²) in [5.41, 5.74) is 2.60. The molecule has 2 aromatic rings. The maximum absolute atomic E-state index is 12.3. The molecule has 2 amide bonds. The van der Waals surface area contributed by atoms with Gasteiger partial charge in [0.15, 0.2) is 0 Å². The van der Waals surface area contributed by atoms with E-state index >= 15 is 0 Å². The number of carbonyl (C=O) groups excluding carboxylic acids is 1. The van der Waals surface area contributed by atoms with Gasteiger partial charge in [-0.15, -0.1) is 0 Å². The Kier molecular flexibility index (Phi) is 7.26. The van der Waals surface area contributed by atoms with Crippen LogP contribution in [0.3, 0.4) is 0 Å². The molecule has 1 aliphatic rings. The minimum absolute atomic E-state index is 0.0569. The maximum Gasteiger partial charge on any atom is 0.315 e. The van der Waals surface area contributed by atoms with Crippen molar-refractivity contribution in [1.29, 1.82) is 0 Å². The Morgan fingerprint density at radius 1 is 1.22 bits per heavy atom. The van der Waals surface area contributed by atoms with Crippen LogP contribution in [0, 0.1) is 0 Å². The number of likely N-dealkylation sites (N-methyl/N-ethyl adjacent to an activating group) is 1. The summed E-state index contributed by atoms with van der Waals surface area (Å²) in [4.78, 5) is 16.9. The summed E-state index contributed by atoms with van der Waals surface area (Å²) in [6.45, 7) is 3.65. The zero-order chi connectivity index (χ0) is 19.1. The van der Waals surface area contributed by atoms with E-state index in [2.05, 4.69) is 67.6 Å². The Balaban J connectivity index is 1.39. The first-order valence-corrected chi connectivity index (χ1v) is 10.6. The average Bonchev–Trinajstić information content (AvgIpc) is 3.18. The van der Waals surface area contributed by atoms with Crippen molar-refractivity contribution in [3.63, 3.8) is 0 Å². The highest BCUT2D eigenvalue weighted by molar-refractivity contribution is 7.07. The Bertz CT molecular complexity index is 681. The lowest BCUT2D eigenvalue weighted by Gasteiger charge is -2.32. The molecule has 27 heavy (non-hydrogen) atoms. The molecule has 0 unspecified atom stereocenters. The second kappa shape index (κ2) is 9.88. The van der Waals surface area contributed by atoms with Gasteiger partial charge in [0.2, 0.25) is 0 Å². The number of amides is 2. The van der Waals surface area contributed by atoms with Crippen molar-refractivity contribution in [2.45, 2.75) is 31.5 Å². The lowest BCUT2D eigenvalue weighted by atomic mass is 10.0. The lowest BCUT2D eigenvalue weighted by Crippen LogP contribution is -2.48. The second-order valence-electron chi connectivity index (χ2n) is 7.43. The molecule has 3 rings (SSSR count). The molecule has 2 N–H and O–H groups in total. The van der Waals surface area contributed by atoms with Crippen molar-refractivity contribution in [2.75, 3.05) is 33.7 Å². The molecule has 5 nitrogen and oxygen atoms in total. The zero-order valence-electron chi connectivity index (χ0n) is 16.2. The number of benzene rings is 1. The molecule has 1 saturated heterocycles. The van der Waals surface area contributed by atoms with E-state index in [1.165, 1.54) is 11.1 Å². The van der Waals surface area contributed by atoms with Gasteiger partial charge in [-0.3, -0.25) is 4.90 Å². The number of piperidine rings is 1. The molecule has 1 aliphatic heterocycles. The van der Waals surface area contributed by atoms with Gasteiger partial charge in [0.1, 0.15) is 0 Å². The smallest absolute Gasteiger partial charge is 0.315 e. The van der Waals surface area contributed by atoms with Crippen LogP contribution in [0.5, 0.6) is 0 Å². The molecule has 0 saturated carbocycles. The van der Waals surface area contributed by atoms with Gasteiger partial charge in [0.05, 0.1) is 6.04 Å². The van der Waals surface area contributed by atoms with Crippen molar-refractivity contribution in [2.24, 2.45) is 0 Å². The standard InChI is InChI=1S/C21H30N4OS/c1-24(2)20(18-10-13-27-16-18)14-22-21(26)23-19-8-11-25(12-9-19)15-17-6-4-3-5-7-17/h3-7,10,13,16,19-20H,8-9,11-12,14-15H2,1-2H3,(H2,22,23,26)/t20-/m1/s1. The summed E-state index contributed by atoms with van der Waals surface area (Å²) in [5.74, 6) is 0. The van der Waals surface area contributed by atoms with Gasteiger partial charge < -0.3 is 15.5 Å². The number of nitrogens with one attached hydrogen (secondary N) is 2.